The zero-order chi connectivity index (χ0) is 16.7. The number of aromatic amines is 1. The lowest BCUT2D eigenvalue weighted by molar-refractivity contribution is -0.136. The zero-order valence-corrected chi connectivity index (χ0v) is 14.3. The van der Waals surface area contributed by atoms with Gasteiger partial charge in [0, 0.05) is 41.7 Å². The first-order chi connectivity index (χ1) is 11.6. The van der Waals surface area contributed by atoms with Gasteiger partial charge in [-0.1, -0.05) is 19.1 Å². The maximum atomic E-state index is 12.6. The fraction of sp³-hybridized carbons (Fsp3) is 0.474. The lowest BCUT2D eigenvalue weighted by atomic mass is 10.0. The Hall–Kier alpha value is -2.30. The van der Waals surface area contributed by atoms with Crippen molar-refractivity contribution in [1.29, 1.82) is 0 Å². The van der Waals surface area contributed by atoms with Crippen molar-refractivity contribution in [3.8, 4) is 17.0 Å². The number of ether oxygens (including phenoxy) is 1. The standard InChI is InChI=1S/C19H23N3O2/c1-19(9-10-19)18(23)22-11-7-13-15(8-12-22)20-21-17(13)14-5-3-4-6-16(14)24-2/h3-6H,7-12H2,1-2H3,(H,20,21). The molecule has 5 heteroatoms. The van der Waals surface area contributed by atoms with Gasteiger partial charge in [-0.05, 0) is 31.4 Å². The molecule has 24 heavy (non-hydrogen) atoms. The molecule has 5 nitrogen and oxygen atoms in total. The molecule has 1 saturated carbocycles. The van der Waals surface area contributed by atoms with E-state index in [1.54, 1.807) is 7.11 Å². The van der Waals surface area contributed by atoms with Crippen LogP contribution < -0.4 is 4.74 Å². The number of aromatic nitrogens is 2. The third-order valence-corrected chi connectivity index (χ3v) is 5.38. The van der Waals surface area contributed by atoms with Crippen LogP contribution in [0.25, 0.3) is 11.3 Å². The van der Waals surface area contributed by atoms with Crippen molar-refractivity contribution >= 4 is 5.91 Å². The number of para-hydroxylation sites is 1. The van der Waals surface area contributed by atoms with Crippen molar-refractivity contribution in [3.05, 3.63) is 35.5 Å². The molecular formula is C19H23N3O2. The maximum Gasteiger partial charge on any atom is 0.228 e. The number of rotatable bonds is 3. The summed E-state index contributed by atoms with van der Waals surface area (Å²) in [6.07, 6.45) is 3.73. The highest BCUT2D eigenvalue weighted by Gasteiger charge is 2.47. The number of nitrogens with one attached hydrogen (secondary N) is 1. The summed E-state index contributed by atoms with van der Waals surface area (Å²) in [5.74, 6) is 1.15. The molecule has 0 saturated heterocycles. The fourth-order valence-electron chi connectivity index (χ4n) is 3.53. The van der Waals surface area contributed by atoms with Crippen molar-refractivity contribution in [3.63, 3.8) is 0 Å². The van der Waals surface area contributed by atoms with Gasteiger partial charge in [-0.2, -0.15) is 5.10 Å². The number of carbonyl (C=O) groups is 1. The van der Waals surface area contributed by atoms with Crippen LogP contribution in [0.3, 0.4) is 0 Å². The van der Waals surface area contributed by atoms with E-state index < -0.39 is 0 Å². The number of H-pyrrole nitrogens is 1. The third kappa shape index (κ3) is 2.48. The second kappa shape index (κ2) is 5.65. The number of amides is 1. The van der Waals surface area contributed by atoms with Crippen LogP contribution in [0, 0.1) is 5.41 Å². The first-order valence-electron chi connectivity index (χ1n) is 8.61. The monoisotopic (exact) mass is 325 g/mol. The largest absolute Gasteiger partial charge is 0.496 e. The average molecular weight is 325 g/mol. The van der Waals surface area contributed by atoms with E-state index in [-0.39, 0.29) is 5.41 Å². The molecule has 2 heterocycles. The van der Waals surface area contributed by atoms with Crippen LogP contribution >= 0.6 is 0 Å². The molecule has 126 valence electrons. The van der Waals surface area contributed by atoms with E-state index in [0.717, 1.165) is 61.5 Å². The zero-order valence-electron chi connectivity index (χ0n) is 14.3. The number of nitrogens with zero attached hydrogens (tertiary/aromatic N) is 2. The van der Waals surface area contributed by atoms with Crippen molar-refractivity contribution in [2.75, 3.05) is 20.2 Å². The van der Waals surface area contributed by atoms with E-state index in [4.69, 9.17) is 4.74 Å². The number of hydrogen-bond acceptors (Lipinski definition) is 3. The molecule has 2 aromatic rings. The Morgan fingerprint density at radius 2 is 2.00 bits per heavy atom. The van der Waals surface area contributed by atoms with Crippen molar-refractivity contribution in [1.82, 2.24) is 15.1 Å². The Balaban J connectivity index is 1.61. The Labute approximate surface area is 142 Å². The van der Waals surface area contributed by atoms with Gasteiger partial charge in [0.15, 0.2) is 0 Å². The second-order valence-electron chi connectivity index (χ2n) is 7.08. The first-order valence-corrected chi connectivity index (χ1v) is 8.61. The molecule has 0 bridgehead atoms. The summed E-state index contributed by atoms with van der Waals surface area (Å²) in [6.45, 7) is 3.62. The van der Waals surface area contributed by atoms with Crippen molar-refractivity contribution in [2.24, 2.45) is 5.41 Å². The Morgan fingerprint density at radius 1 is 1.25 bits per heavy atom. The molecule has 1 aromatic heterocycles. The van der Waals surface area contributed by atoms with Gasteiger partial charge in [0.2, 0.25) is 5.91 Å². The van der Waals surface area contributed by atoms with Crippen LogP contribution in [0.5, 0.6) is 5.75 Å². The smallest absolute Gasteiger partial charge is 0.228 e. The molecule has 1 fully saturated rings. The summed E-state index contributed by atoms with van der Waals surface area (Å²) >= 11 is 0. The number of fused-ring (bicyclic) bond motifs is 1. The average Bonchev–Trinajstić information content (AvgIpc) is 3.30. The van der Waals surface area contributed by atoms with Crippen LogP contribution in [0.15, 0.2) is 24.3 Å². The van der Waals surface area contributed by atoms with Gasteiger partial charge in [0.05, 0.1) is 12.8 Å². The molecule has 1 aromatic carbocycles. The van der Waals surface area contributed by atoms with Gasteiger partial charge in [-0.3, -0.25) is 9.89 Å². The van der Waals surface area contributed by atoms with Gasteiger partial charge in [-0.15, -0.1) is 0 Å². The molecule has 0 atom stereocenters. The quantitative estimate of drug-likeness (QED) is 0.944. The molecule has 4 rings (SSSR count). The van der Waals surface area contributed by atoms with Crippen molar-refractivity contribution in [2.45, 2.75) is 32.6 Å². The van der Waals surface area contributed by atoms with Crippen LogP contribution in [-0.4, -0.2) is 41.2 Å². The Bertz CT molecular complexity index is 777. The molecule has 0 radical (unpaired) electrons. The molecule has 0 spiro atoms. The molecule has 1 amide bonds. The van der Waals surface area contributed by atoms with E-state index >= 15 is 0 Å². The minimum Gasteiger partial charge on any atom is -0.496 e. The number of hydrogen-bond donors (Lipinski definition) is 1. The predicted octanol–water partition coefficient (Wildman–Crippen LogP) is 2.81. The molecule has 0 unspecified atom stereocenters. The van der Waals surface area contributed by atoms with Crippen LogP contribution in [0.2, 0.25) is 0 Å². The van der Waals surface area contributed by atoms with E-state index in [1.165, 1.54) is 5.56 Å². The highest BCUT2D eigenvalue weighted by molar-refractivity contribution is 5.85. The van der Waals surface area contributed by atoms with Gasteiger partial charge < -0.3 is 9.64 Å². The van der Waals surface area contributed by atoms with E-state index in [0.29, 0.717) is 5.91 Å². The minimum absolute atomic E-state index is 0.0955. The van der Waals surface area contributed by atoms with Gasteiger partial charge in [0.25, 0.3) is 0 Å². The Morgan fingerprint density at radius 3 is 2.75 bits per heavy atom. The predicted molar refractivity (Wildman–Crippen MR) is 91.9 cm³/mol. The summed E-state index contributed by atoms with van der Waals surface area (Å²) < 4.78 is 5.49. The van der Waals surface area contributed by atoms with Crippen LogP contribution in [0.4, 0.5) is 0 Å². The van der Waals surface area contributed by atoms with E-state index in [1.807, 2.05) is 29.2 Å². The molecule has 2 aliphatic rings. The van der Waals surface area contributed by atoms with E-state index in [9.17, 15) is 4.79 Å². The summed E-state index contributed by atoms with van der Waals surface area (Å²) in [5, 5.41) is 7.73. The van der Waals surface area contributed by atoms with Gasteiger partial charge >= 0.3 is 0 Å². The lowest BCUT2D eigenvalue weighted by Gasteiger charge is -2.23. The lowest BCUT2D eigenvalue weighted by Crippen LogP contribution is -2.38. The number of carbonyl (C=O) groups excluding carboxylic acids is 1. The molecular weight excluding hydrogens is 302 g/mol. The van der Waals surface area contributed by atoms with Crippen LogP contribution in [-0.2, 0) is 17.6 Å². The minimum atomic E-state index is -0.0955. The summed E-state index contributed by atoms with van der Waals surface area (Å²) in [4.78, 5) is 14.7. The highest BCUT2D eigenvalue weighted by Crippen LogP contribution is 2.46. The van der Waals surface area contributed by atoms with E-state index in [2.05, 4.69) is 17.1 Å². The topological polar surface area (TPSA) is 58.2 Å². The molecule has 1 aliphatic heterocycles. The highest BCUT2D eigenvalue weighted by atomic mass is 16.5. The fourth-order valence-corrected chi connectivity index (χ4v) is 3.53. The van der Waals surface area contributed by atoms with Gasteiger partial charge in [0.1, 0.15) is 5.75 Å². The summed E-state index contributed by atoms with van der Waals surface area (Å²) in [7, 11) is 1.68. The second-order valence-corrected chi connectivity index (χ2v) is 7.08. The number of methoxy groups -OCH3 is 1. The summed E-state index contributed by atoms with van der Waals surface area (Å²) in [6, 6.07) is 7.95. The molecule has 1 aliphatic carbocycles. The van der Waals surface area contributed by atoms with Crippen LogP contribution in [0.1, 0.15) is 31.0 Å². The SMILES string of the molecule is COc1ccccc1-c1n[nH]c2c1CCN(C(=O)C1(C)CC1)CC2. The first kappa shape index (κ1) is 15.2. The summed E-state index contributed by atoms with van der Waals surface area (Å²) in [5.41, 5.74) is 4.23. The normalized spacial score (nSPS) is 18.7. The third-order valence-electron chi connectivity index (χ3n) is 5.38. The number of benzene rings is 1. The Kier molecular flexibility index (Phi) is 3.59. The molecule has 1 N–H and O–H groups in total. The van der Waals surface area contributed by atoms with Crippen molar-refractivity contribution < 1.29 is 9.53 Å². The maximum absolute atomic E-state index is 12.6. The van der Waals surface area contributed by atoms with Gasteiger partial charge in [-0.25, -0.2) is 0 Å².